The number of carbonyl (C=O) groups excluding carboxylic acids is 1. The van der Waals surface area contributed by atoms with E-state index in [1.54, 1.807) is 36.0 Å². The molecule has 4 heteroatoms. The third-order valence-corrected chi connectivity index (χ3v) is 4.05. The van der Waals surface area contributed by atoms with Gasteiger partial charge in [0.15, 0.2) is 5.78 Å². The van der Waals surface area contributed by atoms with Crippen molar-refractivity contribution in [3.8, 4) is 0 Å². The van der Waals surface area contributed by atoms with Gasteiger partial charge in [-0.1, -0.05) is 47.5 Å². The minimum Gasteiger partial charge on any atom is -0.293 e. The summed E-state index contributed by atoms with van der Waals surface area (Å²) in [5.41, 5.74) is 1.82. The molecule has 0 atom stereocenters. The molecule has 2 rings (SSSR count). The van der Waals surface area contributed by atoms with Crippen LogP contribution in [0, 0.1) is 0 Å². The number of hydrogen-bond acceptors (Lipinski definition) is 2. The van der Waals surface area contributed by atoms with Gasteiger partial charge in [-0.15, -0.1) is 11.8 Å². The van der Waals surface area contributed by atoms with Crippen LogP contribution in [0.3, 0.4) is 0 Å². The largest absolute Gasteiger partial charge is 0.293 e. The molecule has 0 aliphatic heterocycles. The molecule has 0 radical (unpaired) electrons. The van der Waals surface area contributed by atoms with E-state index < -0.39 is 0 Å². The van der Waals surface area contributed by atoms with E-state index in [4.69, 9.17) is 23.2 Å². The Bertz CT molecular complexity index is 567. The van der Waals surface area contributed by atoms with Gasteiger partial charge < -0.3 is 0 Å². The highest BCUT2D eigenvalue weighted by atomic mass is 35.5. The first kappa shape index (κ1) is 14.4. The number of halogens is 2. The maximum atomic E-state index is 11.9. The normalized spacial score (nSPS) is 10.4. The van der Waals surface area contributed by atoms with Gasteiger partial charge in [0.05, 0.1) is 5.75 Å². The van der Waals surface area contributed by atoms with Gasteiger partial charge in [-0.3, -0.25) is 4.79 Å². The van der Waals surface area contributed by atoms with Crippen LogP contribution in [0.15, 0.2) is 48.5 Å². The van der Waals surface area contributed by atoms with Crippen molar-refractivity contribution in [2.24, 2.45) is 0 Å². The zero-order chi connectivity index (χ0) is 13.7. The molecule has 2 aromatic carbocycles. The van der Waals surface area contributed by atoms with Gasteiger partial charge in [0.2, 0.25) is 0 Å². The zero-order valence-corrected chi connectivity index (χ0v) is 12.4. The Morgan fingerprint density at radius 2 is 1.74 bits per heavy atom. The van der Waals surface area contributed by atoms with Crippen LogP contribution in [0.2, 0.25) is 10.0 Å². The Kier molecular flexibility index (Phi) is 5.32. The van der Waals surface area contributed by atoms with Gasteiger partial charge >= 0.3 is 0 Å². The molecule has 0 bridgehead atoms. The maximum absolute atomic E-state index is 11.9. The van der Waals surface area contributed by atoms with Gasteiger partial charge in [0, 0.05) is 21.4 Å². The van der Waals surface area contributed by atoms with Crippen LogP contribution in [-0.2, 0) is 5.75 Å². The van der Waals surface area contributed by atoms with Crippen LogP contribution in [0.25, 0.3) is 0 Å². The number of carbonyl (C=O) groups is 1. The molecule has 0 fully saturated rings. The zero-order valence-electron chi connectivity index (χ0n) is 10.1. The molecule has 0 heterocycles. The molecule has 0 unspecified atom stereocenters. The molecule has 98 valence electrons. The van der Waals surface area contributed by atoms with Crippen LogP contribution in [0.4, 0.5) is 0 Å². The number of Topliss-reactive ketones (excluding diaryl/α,β-unsaturated/α-hetero) is 1. The number of hydrogen-bond donors (Lipinski definition) is 0. The van der Waals surface area contributed by atoms with Crippen molar-refractivity contribution < 1.29 is 4.79 Å². The van der Waals surface area contributed by atoms with Crippen molar-refractivity contribution >= 4 is 40.7 Å². The van der Waals surface area contributed by atoms with E-state index in [0.29, 0.717) is 16.3 Å². The first-order valence-corrected chi connectivity index (χ1v) is 7.67. The highest BCUT2D eigenvalue weighted by Gasteiger charge is 2.06. The second-order valence-corrected chi connectivity index (χ2v) is 5.91. The fraction of sp³-hybridized carbons (Fsp3) is 0.133. The average Bonchev–Trinajstić information content (AvgIpc) is 2.41. The van der Waals surface area contributed by atoms with E-state index in [1.165, 1.54) is 0 Å². The van der Waals surface area contributed by atoms with Crippen LogP contribution < -0.4 is 0 Å². The summed E-state index contributed by atoms with van der Waals surface area (Å²) in [7, 11) is 0. The number of rotatable bonds is 5. The van der Waals surface area contributed by atoms with Gasteiger partial charge in [-0.25, -0.2) is 0 Å². The molecule has 0 aliphatic carbocycles. The molecular formula is C15H12Cl2OS. The molecule has 19 heavy (non-hydrogen) atoms. The Morgan fingerprint density at radius 1 is 1.00 bits per heavy atom. The third-order valence-electron chi connectivity index (χ3n) is 2.56. The van der Waals surface area contributed by atoms with Crippen molar-refractivity contribution in [2.45, 2.75) is 5.75 Å². The summed E-state index contributed by atoms with van der Waals surface area (Å²) >= 11 is 13.3. The Labute approximate surface area is 126 Å². The molecule has 2 aromatic rings. The van der Waals surface area contributed by atoms with E-state index in [0.717, 1.165) is 16.3 Å². The second kappa shape index (κ2) is 6.99. The summed E-state index contributed by atoms with van der Waals surface area (Å²) < 4.78 is 0. The molecule has 0 N–H and O–H groups in total. The molecule has 0 saturated heterocycles. The summed E-state index contributed by atoms with van der Waals surface area (Å²) in [4.78, 5) is 11.9. The fourth-order valence-electron chi connectivity index (χ4n) is 1.59. The summed E-state index contributed by atoms with van der Waals surface area (Å²) in [6.45, 7) is 0. The van der Waals surface area contributed by atoms with E-state index in [9.17, 15) is 4.79 Å². The van der Waals surface area contributed by atoms with Crippen molar-refractivity contribution in [2.75, 3.05) is 5.75 Å². The van der Waals surface area contributed by atoms with E-state index >= 15 is 0 Å². The lowest BCUT2D eigenvalue weighted by Crippen LogP contribution is -2.02. The topological polar surface area (TPSA) is 17.1 Å². The molecule has 1 nitrogen and oxygen atoms in total. The predicted molar refractivity (Wildman–Crippen MR) is 83.4 cm³/mol. The van der Waals surface area contributed by atoms with Crippen LogP contribution >= 0.6 is 35.0 Å². The van der Waals surface area contributed by atoms with E-state index in [1.807, 2.05) is 24.3 Å². The minimum absolute atomic E-state index is 0.0986. The Balaban J connectivity index is 1.86. The summed E-state index contributed by atoms with van der Waals surface area (Å²) in [6, 6.07) is 14.7. The average molecular weight is 311 g/mol. The first-order valence-electron chi connectivity index (χ1n) is 5.76. The summed E-state index contributed by atoms with van der Waals surface area (Å²) in [6.07, 6.45) is 0. The lowest BCUT2D eigenvalue weighted by atomic mass is 10.1. The lowest BCUT2D eigenvalue weighted by molar-refractivity contribution is 0.102. The molecule has 0 spiro atoms. The van der Waals surface area contributed by atoms with Gasteiger partial charge in [0.1, 0.15) is 0 Å². The number of thioether (sulfide) groups is 1. The smallest absolute Gasteiger partial charge is 0.172 e. The Morgan fingerprint density at radius 3 is 2.42 bits per heavy atom. The molecule has 0 saturated carbocycles. The molecule has 0 aromatic heterocycles. The standard InChI is InChI=1S/C15H12Cl2OS/c16-13-6-4-11(5-7-13)9-19-10-15(18)12-2-1-3-14(17)8-12/h1-8H,9-10H2. The summed E-state index contributed by atoms with van der Waals surface area (Å²) in [5.74, 6) is 1.34. The highest BCUT2D eigenvalue weighted by molar-refractivity contribution is 7.99. The predicted octanol–water partition coefficient (Wildman–Crippen LogP) is 5.11. The quantitative estimate of drug-likeness (QED) is 0.714. The highest BCUT2D eigenvalue weighted by Crippen LogP contribution is 2.18. The van der Waals surface area contributed by atoms with Crippen molar-refractivity contribution in [3.63, 3.8) is 0 Å². The van der Waals surface area contributed by atoms with Crippen LogP contribution in [0.1, 0.15) is 15.9 Å². The van der Waals surface area contributed by atoms with E-state index in [2.05, 4.69) is 0 Å². The molecular weight excluding hydrogens is 299 g/mol. The van der Waals surface area contributed by atoms with Crippen molar-refractivity contribution in [1.82, 2.24) is 0 Å². The third kappa shape index (κ3) is 4.57. The van der Waals surface area contributed by atoms with E-state index in [-0.39, 0.29) is 5.78 Å². The fourth-order valence-corrected chi connectivity index (χ4v) is 2.79. The minimum atomic E-state index is 0.0986. The first-order chi connectivity index (χ1) is 9.15. The van der Waals surface area contributed by atoms with Gasteiger partial charge in [-0.2, -0.15) is 0 Å². The second-order valence-electron chi connectivity index (χ2n) is 4.05. The summed E-state index contributed by atoms with van der Waals surface area (Å²) in [5, 5.41) is 1.32. The SMILES string of the molecule is O=C(CSCc1ccc(Cl)cc1)c1cccc(Cl)c1. The maximum Gasteiger partial charge on any atom is 0.172 e. The van der Waals surface area contributed by atoms with Gasteiger partial charge in [0.25, 0.3) is 0 Å². The number of ketones is 1. The molecule has 0 aliphatic rings. The van der Waals surface area contributed by atoms with Crippen LogP contribution in [0.5, 0.6) is 0 Å². The van der Waals surface area contributed by atoms with Crippen molar-refractivity contribution in [3.05, 3.63) is 69.7 Å². The monoisotopic (exact) mass is 310 g/mol. The van der Waals surface area contributed by atoms with Crippen molar-refractivity contribution in [1.29, 1.82) is 0 Å². The Hall–Kier alpha value is -0.960. The van der Waals surface area contributed by atoms with Crippen LogP contribution in [-0.4, -0.2) is 11.5 Å². The number of benzene rings is 2. The lowest BCUT2D eigenvalue weighted by Gasteiger charge is -2.03. The van der Waals surface area contributed by atoms with Gasteiger partial charge in [-0.05, 0) is 29.8 Å². The molecule has 0 amide bonds.